The summed E-state index contributed by atoms with van der Waals surface area (Å²) in [7, 11) is 0. The topological polar surface area (TPSA) is 42.4 Å². The maximum atomic E-state index is 10.2. The van der Waals surface area contributed by atoms with Crippen LogP contribution in [0, 0.1) is 5.92 Å². The molecule has 1 atom stereocenters. The van der Waals surface area contributed by atoms with E-state index in [1.54, 1.807) is 12.4 Å². The minimum Gasteiger partial charge on any atom is -0.493 e. The van der Waals surface area contributed by atoms with Gasteiger partial charge in [-0.15, -0.1) is 0 Å². The summed E-state index contributed by atoms with van der Waals surface area (Å²) in [4.78, 5) is 4.04. The van der Waals surface area contributed by atoms with Crippen LogP contribution in [0.3, 0.4) is 0 Å². The van der Waals surface area contributed by atoms with Crippen molar-refractivity contribution < 1.29 is 9.84 Å². The van der Waals surface area contributed by atoms with Crippen LogP contribution in [-0.2, 0) is 6.42 Å². The molecule has 3 heteroatoms. The summed E-state index contributed by atoms with van der Waals surface area (Å²) in [6.45, 7) is 4.99. The average molecular weight is 285 g/mol. The van der Waals surface area contributed by atoms with E-state index in [-0.39, 0.29) is 0 Å². The first kappa shape index (κ1) is 15.5. The summed E-state index contributed by atoms with van der Waals surface area (Å²) in [5.74, 6) is 1.41. The van der Waals surface area contributed by atoms with Gasteiger partial charge in [-0.25, -0.2) is 0 Å². The molecule has 2 rings (SSSR count). The van der Waals surface area contributed by atoms with Crippen molar-refractivity contribution in [3.05, 3.63) is 59.9 Å². The van der Waals surface area contributed by atoms with Gasteiger partial charge in [-0.3, -0.25) is 4.98 Å². The minimum atomic E-state index is -0.473. The largest absolute Gasteiger partial charge is 0.493 e. The van der Waals surface area contributed by atoms with E-state index in [0.717, 1.165) is 24.3 Å². The molecule has 1 aromatic carbocycles. The first-order valence-electron chi connectivity index (χ1n) is 7.45. The molecule has 0 aliphatic rings. The highest BCUT2D eigenvalue weighted by molar-refractivity contribution is 5.28. The van der Waals surface area contributed by atoms with Crippen molar-refractivity contribution in [1.29, 1.82) is 0 Å². The zero-order chi connectivity index (χ0) is 15.1. The average Bonchev–Trinajstić information content (AvgIpc) is 2.52. The first-order valence-corrected chi connectivity index (χ1v) is 7.45. The van der Waals surface area contributed by atoms with Crippen LogP contribution in [-0.4, -0.2) is 16.7 Å². The fourth-order valence-corrected chi connectivity index (χ4v) is 2.10. The molecule has 0 radical (unpaired) electrons. The Hall–Kier alpha value is -1.87. The molecule has 1 aromatic heterocycles. The summed E-state index contributed by atoms with van der Waals surface area (Å²) in [6.07, 6.45) is 4.45. The number of aliphatic hydroxyl groups is 1. The lowest BCUT2D eigenvalue weighted by molar-refractivity contribution is 0.167. The van der Waals surface area contributed by atoms with Crippen LogP contribution >= 0.6 is 0 Å². The number of ether oxygens (including phenoxy) is 1. The second-order valence-corrected chi connectivity index (χ2v) is 5.69. The summed E-state index contributed by atoms with van der Waals surface area (Å²) in [5, 5.41) is 10.2. The van der Waals surface area contributed by atoms with Crippen molar-refractivity contribution in [1.82, 2.24) is 4.98 Å². The monoisotopic (exact) mass is 285 g/mol. The van der Waals surface area contributed by atoms with Gasteiger partial charge >= 0.3 is 0 Å². The predicted molar refractivity (Wildman–Crippen MR) is 84.3 cm³/mol. The van der Waals surface area contributed by atoms with Gasteiger partial charge in [-0.2, -0.15) is 0 Å². The molecule has 1 N–H and O–H groups in total. The van der Waals surface area contributed by atoms with Crippen molar-refractivity contribution in [2.24, 2.45) is 5.92 Å². The van der Waals surface area contributed by atoms with Crippen LogP contribution in [0.1, 0.15) is 37.5 Å². The van der Waals surface area contributed by atoms with Gasteiger partial charge in [0.2, 0.25) is 0 Å². The highest BCUT2D eigenvalue weighted by Crippen LogP contribution is 2.20. The van der Waals surface area contributed by atoms with Crippen molar-refractivity contribution in [3.8, 4) is 5.75 Å². The number of benzene rings is 1. The molecule has 0 aliphatic carbocycles. The van der Waals surface area contributed by atoms with Crippen molar-refractivity contribution in [3.63, 3.8) is 0 Å². The third-order valence-corrected chi connectivity index (χ3v) is 3.26. The summed E-state index contributed by atoms with van der Waals surface area (Å²) in [5.41, 5.74) is 2.05. The lowest BCUT2D eigenvalue weighted by atomic mass is 10.0. The molecule has 3 nitrogen and oxygen atoms in total. The Morgan fingerprint density at radius 1 is 1.19 bits per heavy atom. The first-order chi connectivity index (χ1) is 10.1. The van der Waals surface area contributed by atoms with Crippen LogP contribution in [0.15, 0.2) is 48.8 Å². The van der Waals surface area contributed by atoms with E-state index in [4.69, 9.17) is 4.74 Å². The molecule has 0 fully saturated rings. The Labute approximate surface area is 126 Å². The number of hydrogen-bond donors (Lipinski definition) is 1. The second-order valence-electron chi connectivity index (χ2n) is 5.69. The van der Waals surface area contributed by atoms with E-state index in [1.807, 2.05) is 24.3 Å². The number of pyridine rings is 1. The molecule has 0 saturated heterocycles. The van der Waals surface area contributed by atoms with Gasteiger partial charge in [0.15, 0.2) is 0 Å². The van der Waals surface area contributed by atoms with Gasteiger partial charge in [0.1, 0.15) is 5.75 Å². The lowest BCUT2D eigenvalue weighted by Crippen LogP contribution is -2.05. The van der Waals surface area contributed by atoms with E-state index >= 15 is 0 Å². The van der Waals surface area contributed by atoms with Crippen molar-refractivity contribution in [2.75, 3.05) is 6.61 Å². The Bertz CT molecular complexity index is 540. The van der Waals surface area contributed by atoms with Crippen LogP contribution < -0.4 is 4.74 Å². The fraction of sp³-hybridized carbons (Fsp3) is 0.389. The third kappa shape index (κ3) is 5.20. The standard InChI is InChI=1S/C18H23NO2/c1-14(2)13-21-17-7-3-5-15(11-17)8-9-18(20)16-6-4-10-19-12-16/h3-7,10-12,14,18,20H,8-9,13H2,1-2H3. The van der Waals surface area contributed by atoms with Crippen LogP contribution in [0.25, 0.3) is 0 Å². The molecule has 21 heavy (non-hydrogen) atoms. The molecule has 1 heterocycles. The third-order valence-electron chi connectivity index (χ3n) is 3.26. The van der Waals surface area contributed by atoms with E-state index in [1.165, 1.54) is 5.56 Å². The van der Waals surface area contributed by atoms with Gasteiger partial charge in [-0.1, -0.05) is 32.0 Å². The molecule has 0 saturated carbocycles. The fourth-order valence-electron chi connectivity index (χ4n) is 2.10. The maximum Gasteiger partial charge on any atom is 0.119 e. The van der Waals surface area contributed by atoms with E-state index < -0.39 is 6.10 Å². The minimum absolute atomic E-state index is 0.473. The molecule has 2 aromatic rings. The normalized spacial score (nSPS) is 12.4. The summed E-state index contributed by atoms with van der Waals surface area (Å²) < 4.78 is 5.73. The Balaban J connectivity index is 1.89. The highest BCUT2D eigenvalue weighted by Gasteiger charge is 2.08. The van der Waals surface area contributed by atoms with Gasteiger partial charge in [-0.05, 0) is 48.1 Å². The zero-order valence-electron chi connectivity index (χ0n) is 12.7. The molecule has 1 unspecified atom stereocenters. The number of rotatable bonds is 7. The second kappa shape index (κ2) is 7.79. The number of aliphatic hydroxyl groups excluding tert-OH is 1. The molecule has 0 amide bonds. The number of nitrogens with zero attached hydrogens (tertiary/aromatic N) is 1. The predicted octanol–water partition coefficient (Wildman–Crippen LogP) is 3.78. The van der Waals surface area contributed by atoms with Crippen molar-refractivity contribution >= 4 is 0 Å². The van der Waals surface area contributed by atoms with E-state index in [2.05, 4.69) is 31.0 Å². The van der Waals surface area contributed by atoms with Crippen molar-refractivity contribution in [2.45, 2.75) is 32.8 Å². The number of aromatic nitrogens is 1. The molecular formula is C18H23NO2. The van der Waals surface area contributed by atoms with Gasteiger partial charge < -0.3 is 9.84 Å². The molecule has 112 valence electrons. The quantitative estimate of drug-likeness (QED) is 0.841. The number of hydrogen-bond acceptors (Lipinski definition) is 3. The highest BCUT2D eigenvalue weighted by atomic mass is 16.5. The van der Waals surface area contributed by atoms with Gasteiger partial charge in [0, 0.05) is 12.4 Å². The molecule has 0 bridgehead atoms. The SMILES string of the molecule is CC(C)COc1cccc(CCC(O)c2cccnc2)c1. The van der Waals surface area contributed by atoms with Crippen LogP contribution in [0.2, 0.25) is 0 Å². The Morgan fingerprint density at radius 3 is 2.76 bits per heavy atom. The molecular weight excluding hydrogens is 262 g/mol. The molecule has 0 aliphatic heterocycles. The number of aryl methyl sites for hydroxylation is 1. The van der Waals surface area contributed by atoms with E-state index in [0.29, 0.717) is 12.3 Å². The summed E-state index contributed by atoms with van der Waals surface area (Å²) in [6, 6.07) is 11.8. The van der Waals surface area contributed by atoms with Gasteiger partial charge in [0.05, 0.1) is 12.7 Å². The summed E-state index contributed by atoms with van der Waals surface area (Å²) >= 11 is 0. The smallest absolute Gasteiger partial charge is 0.119 e. The maximum absolute atomic E-state index is 10.2. The lowest BCUT2D eigenvalue weighted by Gasteiger charge is -2.12. The zero-order valence-corrected chi connectivity index (χ0v) is 12.7. The molecule has 0 spiro atoms. The Kier molecular flexibility index (Phi) is 5.76. The van der Waals surface area contributed by atoms with Crippen LogP contribution in [0.5, 0.6) is 5.75 Å². The van der Waals surface area contributed by atoms with Crippen LogP contribution in [0.4, 0.5) is 0 Å². The van der Waals surface area contributed by atoms with Gasteiger partial charge in [0.25, 0.3) is 0 Å². The Morgan fingerprint density at radius 2 is 2.05 bits per heavy atom. The van der Waals surface area contributed by atoms with E-state index in [9.17, 15) is 5.11 Å².